The van der Waals surface area contributed by atoms with Crippen LogP contribution in [0, 0.1) is 5.92 Å². The van der Waals surface area contributed by atoms with Crippen molar-refractivity contribution in [2.75, 3.05) is 20.3 Å². The zero-order chi connectivity index (χ0) is 20.3. The smallest absolute Gasteiger partial charge is 0.338 e. The number of ether oxygens (including phenoxy) is 2. The summed E-state index contributed by atoms with van der Waals surface area (Å²) in [6, 6.07) is 12.2. The van der Waals surface area contributed by atoms with Crippen LogP contribution in [0.15, 0.2) is 42.5 Å². The Hall–Kier alpha value is -2.86. The van der Waals surface area contributed by atoms with E-state index in [1.165, 1.54) is 7.11 Å². The van der Waals surface area contributed by atoms with E-state index in [2.05, 4.69) is 0 Å². The first-order valence-electron chi connectivity index (χ1n) is 9.32. The Morgan fingerprint density at radius 2 is 1.86 bits per heavy atom. The molecule has 1 amide bonds. The van der Waals surface area contributed by atoms with Crippen LogP contribution in [0.2, 0.25) is 0 Å². The Balaban J connectivity index is 1.91. The first kappa shape index (κ1) is 19.9. The third kappa shape index (κ3) is 4.02. The van der Waals surface area contributed by atoms with Crippen molar-refractivity contribution in [2.45, 2.75) is 26.5 Å². The maximum atomic E-state index is 13.1. The lowest BCUT2D eigenvalue weighted by Gasteiger charge is -2.22. The molecular weight excluding hydrogens is 358 g/mol. The molecule has 2 aromatic carbocycles. The predicted molar refractivity (Wildman–Crippen MR) is 104 cm³/mol. The largest absolute Gasteiger partial charge is 0.491 e. The lowest BCUT2D eigenvalue weighted by molar-refractivity contribution is 0.0588. The number of rotatable bonds is 4. The highest BCUT2D eigenvalue weighted by Crippen LogP contribution is 2.30. The van der Waals surface area contributed by atoms with Gasteiger partial charge in [0.2, 0.25) is 0 Å². The van der Waals surface area contributed by atoms with E-state index < -0.39 is 12.1 Å². The molecule has 3 rings (SSSR count). The number of hydrogen-bond donors (Lipinski definition) is 1. The van der Waals surface area contributed by atoms with E-state index in [4.69, 9.17) is 9.47 Å². The number of hydrogen-bond acceptors (Lipinski definition) is 5. The molecule has 0 radical (unpaired) electrons. The highest BCUT2D eigenvalue weighted by molar-refractivity contribution is 6.05. The molecule has 1 unspecified atom stereocenters. The van der Waals surface area contributed by atoms with Crippen molar-refractivity contribution < 1.29 is 24.2 Å². The first-order chi connectivity index (χ1) is 13.4. The SMILES string of the molecule is COC(=O)c1ccccc1C(=O)N1CCOc2ccc(C(O)C(C)C)cc2C1. The minimum atomic E-state index is -0.585. The van der Waals surface area contributed by atoms with Crippen LogP contribution in [0.1, 0.15) is 51.8 Å². The first-order valence-corrected chi connectivity index (χ1v) is 9.32. The van der Waals surface area contributed by atoms with Crippen LogP contribution in [-0.4, -0.2) is 42.1 Å². The summed E-state index contributed by atoms with van der Waals surface area (Å²) < 4.78 is 10.6. The van der Waals surface area contributed by atoms with Crippen LogP contribution >= 0.6 is 0 Å². The fraction of sp³-hybridized carbons (Fsp3) is 0.364. The summed E-state index contributed by atoms with van der Waals surface area (Å²) in [6.45, 7) is 4.98. The van der Waals surface area contributed by atoms with Crippen molar-refractivity contribution in [3.05, 3.63) is 64.7 Å². The fourth-order valence-electron chi connectivity index (χ4n) is 3.28. The van der Waals surface area contributed by atoms with E-state index >= 15 is 0 Å². The maximum Gasteiger partial charge on any atom is 0.338 e. The number of fused-ring (bicyclic) bond motifs is 1. The van der Waals surface area contributed by atoms with Crippen molar-refractivity contribution in [2.24, 2.45) is 5.92 Å². The summed E-state index contributed by atoms with van der Waals surface area (Å²) in [6.07, 6.45) is -0.585. The summed E-state index contributed by atoms with van der Waals surface area (Å²) in [7, 11) is 1.29. The summed E-state index contributed by atoms with van der Waals surface area (Å²) in [5.74, 6) is -0.0179. The van der Waals surface area contributed by atoms with Crippen LogP contribution in [0.25, 0.3) is 0 Å². The average molecular weight is 383 g/mol. The van der Waals surface area contributed by atoms with Crippen molar-refractivity contribution in [1.82, 2.24) is 4.90 Å². The van der Waals surface area contributed by atoms with Gasteiger partial charge in [-0.05, 0) is 35.7 Å². The van der Waals surface area contributed by atoms with Gasteiger partial charge in [0, 0.05) is 12.1 Å². The molecule has 0 aromatic heterocycles. The number of carbonyl (C=O) groups excluding carboxylic acids is 2. The van der Waals surface area contributed by atoms with E-state index in [9.17, 15) is 14.7 Å². The number of carbonyl (C=O) groups is 2. The van der Waals surface area contributed by atoms with E-state index in [0.29, 0.717) is 31.0 Å². The standard InChI is InChI=1S/C22H25NO5/c1-14(2)20(24)15-8-9-19-16(12-15)13-23(10-11-28-19)21(25)17-6-4-5-7-18(17)22(26)27-3/h4-9,12,14,20,24H,10-11,13H2,1-3H3. The van der Waals surface area contributed by atoms with Crippen molar-refractivity contribution >= 4 is 11.9 Å². The van der Waals surface area contributed by atoms with Crippen LogP contribution in [0.4, 0.5) is 0 Å². The molecule has 1 atom stereocenters. The molecule has 1 aliphatic heterocycles. The van der Waals surface area contributed by atoms with Gasteiger partial charge >= 0.3 is 5.97 Å². The Kier molecular flexibility index (Phi) is 5.99. The third-order valence-corrected chi connectivity index (χ3v) is 4.89. The van der Waals surface area contributed by atoms with Gasteiger partial charge in [0.15, 0.2) is 0 Å². The monoisotopic (exact) mass is 383 g/mol. The highest BCUT2D eigenvalue weighted by Gasteiger charge is 2.25. The fourth-order valence-corrected chi connectivity index (χ4v) is 3.28. The molecule has 0 aliphatic carbocycles. The Bertz CT molecular complexity index is 877. The van der Waals surface area contributed by atoms with Gasteiger partial charge in [-0.1, -0.05) is 32.0 Å². The second kappa shape index (κ2) is 8.44. The summed E-state index contributed by atoms with van der Waals surface area (Å²) >= 11 is 0. The Morgan fingerprint density at radius 3 is 2.54 bits per heavy atom. The normalized spacial score (nSPS) is 14.7. The minimum Gasteiger partial charge on any atom is -0.491 e. The second-order valence-electron chi connectivity index (χ2n) is 7.17. The highest BCUT2D eigenvalue weighted by atomic mass is 16.5. The zero-order valence-electron chi connectivity index (χ0n) is 16.3. The maximum absolute atomic E-state index is 13.1. The number of methoxy groups -OCH3 is 1. The number of nitrogens with zero attached hydrogens (tertiary/aromatic N) is 1. The molecule has 1 aliphatic rings. The molecule has 0 fully saturated rings. The van der Waals surface area contributed by atoms with Gasteiger partial charge in [-0.3, -0.25) is 4.79 Å². The van der Waals surface area contributed by atoms with Crippen molar-refractivity contribution in [3.63, 3.8) is 0 Å². The summed E-state index contributed by atoms with van der Waals surface area (Å²) in [5, 5.41) is 10.4. The molecule has 28 heavy (non-hydrogen) atoms. The molecule has 148 valence electrons. The average Bonchev–Trinajstić information content (AvgIpc) is 2.93. The van der Waals surface area contributed by atoms with Crippen LogP contribution < -0.4 is 4.74 Å². The quantitative estimate of drug-likeness (QED) is 0.821. The Morgan fingerprint density at radius 1 is 1.14 bits per heavy atom. The molecular formula is C22H25NO5. The van der Waals surface area contributed by atoms with Gasteiger partial charge in [0.05, 0.1) is 30.9 Å². The van der Waals surface area contributed by atoms with Gasteiger partial charge in [-0.25, -0.2) is 4.79 Å². The zero-order valence-corrected chi connectivity index (χ0v) is 16.3. The lowest BCUT2D eigenvalue weighted by Crippen LogP contribution is -2.33. The summed E-state index contributed by atoms with van der Waals surface area (Å²) in [5.41, 5.74) is 2.17. The molecule has 6 nitrogen and oxygen atoms in total. The van der Waals surface area contributed by atoms with Crippen LogP contribution in [0.5, 0.6) is 5.75 Å². The van der Waals surface area contributed by atoms with Gasteiger partial charge in [-0.2, -0.15) is 0 Å². The molecule has 1 heterocycles. The lowest BCUT2D eigenvalue weighted by atomic mass is 9.97. The number of amides is 1. The minimum absolute atomic E-state index is 0.0782. The van der Waals surface area contributed by atoms with Crippen LogP contribution in [-0.2, 0) is 11.3 Å². The number of aliphatic hydroxyl groups is 1. The molecule has 6 heteroatoms. The topological polar surface area (TPSA) is 76.1 Å². The van der Waals surface area contributed by atoms with Crippen LogP contribution in [0.3, 0.4) is 0 Å². The second-order valence-corrected chi connectivity index (χ2v) is 7.17. The van der Waals surface area contributed by atoms with E-state index in [0.717, 1.165) is 11.1 Å². The number of aliphatic hydroxyl groups excluding tert-OH is 1. The van der Waals surface area contributed by atoms with Gasteiger partial charge < -0.3 is 19.5 Å². The molecule has 0 bridgehead atoms. The molecule has 1 N–H and O–H groups in total. The number of benzene rings is 2. The Labute approximate surface area is 164 Å². The molecule has 2 aromatic rings. The van der Waals surface area contributed by atoms with Gasteiger partial charge in [-0.15, -0.1) is 0 Å². The van der Waals surface area contributed by atoms with Crippen molar-refractivity contribution in [1.29, 1.82) is 0 Å². The molecule has 0 saturated carbocycles. The third-order valence-electron chi connectivity index (χ3n) is 4.89. The van der Waals surface area contributed by atoms with Gasteiger partial charge in [0.1, 0.15) is 12.4 Å². The van der Waals surface area contributed by atoms with Gasteiger partial charge in [0.25, 0.3) is 5.91 Å². The molecule has 0 saturated heterocycles. The van der Waals surface area contributed by atoms with E-state index in [1.807, 2.05) is 32.0 Å². The van der Waals surface area contributed by atoms with Crippen molar-refractivity contribution in [3.8, 4) is 5.75 Å². The van der Waals surface area contributed by atoms with E-state index in [-0.39, 0.29) is 17.4 Å². The predicted octanol–water partition coefficient (Wildman–Crippen LogP) is 3.20. The van der Waals surface area contributed by atoms with E-state index in [1.54, 1.807) is 29.2 Å². The summed E-state index contributed by atoms with van der Waals surface area (Å²) in [4.78, 5) is 26.8. The number of esters is 1. The molecule has 0 spiro atoms.